The summed E-state index contributed by atoms with van der Waals surface area (Å²) < 4.78 is 1.58. The maximum absolute atomic E-state index is 12.0. The molecule has 2 aromatic heterocycles. The molecule has 0 aliphatic rings. The monoisotopic (exact) mass is 264 g/mol. The molecule has 2 aromatic rings. The first-order chi connectivity index (χ1) is 8.50. The summed E-state index contributed by atoms with van der Waals surface area (Å²) in [4.78, 5) is 27.7. The van der Waals surface area contributed by atoms with Gasteiger partial charge in [0.25, 0.3) is 11.7 Å². The molecule has 7 heteroatoms. The first-order valence-electron chi connectivity index (χ1n) is 5.26. The van der Waals surface area contributed by atoms with Crippen molar-refractivity contribution in [2.75, 3.05) is 5.32 Å². The van der Waals surface area contributed by atoms with E-state index in [0.29, 0.717) is 22.1 Å². The molecule has 1 N–H and O–H groups in total. The lowest BCUT2D eigenvalue weighted by Crippen LogP contribution is -2.23. The molecule has 2 heterocycles. The third-order valence-corrected chi connectivity index (χ3v) is 3.28. The summed E-state index contributed by atoms with van der Waals surface area (Å²) in [7, 11) is 1.73. The second kappa shape index (κ2) is 4.69. The summed E-state index contributed by atoms with van der Waals surface area (Å²) in [6.45, 7) is 3.46. The van der Waals surface area contributed by atoms with Crippen molar-refractivity contribution in [3.63, 3.8) is 0 Å². The van der Waals surface area contributed by atoms with E-state index in [-0.39, 0.29) is 0 Å². The van der Waals surface area contributed by atoms with Gasteiger partial charge in [-0.3, -0.25) is 19.6 Å². The average molecular weight is 264 g/mol. The van der Waals surface area contributed by atoms with Gasteiger partial charge in [-0.2, -0.15) is 5.10 Å². The summed E-state index contributed by atoms with van der Waals surface area (Å²) >= 11 is 1.26. The van der Waals surface area contributed by atoms with E-state index in [9.17, 15) is 9.59 Å². The predicted molar refractivity (Wildman–Crippen MR) is 67.8 cm³/mol. The van der Waals surface area contributed by atoms with Crippen LogP contribution in [0, 0.1) is 13.8 Å². The van der Waals surface area contributed by atoms with Crippen molar-refractivity contribution in [1.29, 1.82) is 0 Å². The van der Waals surface area contributed by atoms with Crippen molar-refractivity contribution in [2.24, 2.45) is 7.05 Å². The highest BCUT2D eigenvalue weighted by Crippen LogP contribution is 2.15. The van der Waals surface area contributed by atoms with E-state index in [2.05, 4.69) is 15.4 Å². The second-order valence-electron chi connectivity index (χ2n) is 3.79. The normalized spacial score (nSPS) is 10.4. The number of nitrogens with zero attached hydrogens (tertiary/aromatic N) is 3. The average Bonchev–Trinajstić information content (AvgIpc) is 2.88. The number of ketones is 1. The van der Waals surface area contributed by atoms with Crippen molar-refractivity contribution < 1.29 is 9.59 Å². The zero-order valence-electron chi connectivity index (χ0n) is 10.2. The van der Waals surface area contributed by atoms with Crippen LogP contribution in [0.5, 0.6) is 0 Å². The van der Waals surface area contributed by atoms with Crippen LogP contribution in [0.2, 0.25) is 0 Å². The summed E-state index contributed by atoms with van der Waals surface area (Å²) in [6.07, 6.45) is 1.56. The Balaban J connectivity index is 2.23. The van der Waals surface area contributed by atoms with Crippen LogP contribution in [-0.4, -0.2) is 26.5 Å². The van der Waals surface area contributed by atoms with Gasteiger partial charge < -0.3 is 0 Å². The lowest BCUT2D eigenvalue weighted by molar-refractivity contribution is -0.112. The lowest BCUT2D eigenvalue weighted by atomic mass is 10.1. The van der Waals surface area contributed by atoms with Crippen LogP contribution >= 0.6 is 11.3 Å². The van der Waals surface area contributed by atoms with E-state index in [1.54, 1.807) is 37.2 Å². The Hall–Kier alpha value is -2.02. The number of amides is 1. The fourth-order valence-electron chi connectivity index (χ4n) is 1.65. The van der Waals surface area contributed by atoms with Gasteiger partial charge in [-0.15, -0.1) is 11.3 Å². The van der Waals surface area contributed by atoms with Crippen LogP contribution in [0.25, 0.3) is 0 Å². The summed E-state index contributed by atoms with van der Waals surface area (Å²) in [5.41, 5.74) is 1.58. The van der Waals surface area contributed by atoms with E-state index in [4.69, 9.17) is 0 Å². The number of rotatable bonds is 3. The number of nitrogens with one attached hydrogen (secondary N) is 1. The molecular formula is C11H12N4O2S. The Morgan fingerprint density at radius 1 is 1.39 bits per heavy atom. The molecule has 94 valence electrons. The minimum atomic E-state index is -0.691. The Morgan fingerprint density at radius 2 is 2.11 bits per heavy atom. The maximum Gasteiger partial charge on any atom is 0.298 e. The Morgan fingerprint density at radius 3 is 2.61 bits per heavy atom. The molecule has 0 unspecified atom stereocenters. The fraction of sp³-hybridized carbons (Fsp3) is 0.273. The number of carbonyl (C=O) groups is 2. The molecular weight excluding hydrogens is 252 g/mol. The molecule has 1 amide bonds. The van der Waals surface area contributed by atoms with Gasteiger partial charge in [-0.25, -0.2) is 4.98 Å². The highest BCUT2D eigenvalue weighted by atomic mass is 32.1. The number of Topliss-reactive ketones (excluding diaryl/α,β-unsaturated/α-hetero) is 1. The van der Waals surface area contributed by atoms with E-state index >= 15 is 0 Å². The Kier molecular flexibility index (Phi) is 3.24. The number of hydrogen-bond acceptors (Lipinski definition) is 5. The number of carbonyl (C=O) groups excluding carboxylic acids is 2. The minimum absolute atomic E-state index is 0.353. The fourth-order valence-corrected chi connectivity index (χ4v) is 2.18. The predicted octanol–water partition coefficient (Wildman–Crippen LogP) is 1.31. The Labute approximate surface area is 108 Å². The van der Waals surface area contributed by atoms with E-state index < -0.39 is 11.7 Å². The van der Waals surface area contributed by atoms with Crippen molar-refractivity contribution >= 4 is 28.2 Å². The van der Waals surface area contributed by atoms with Crippen LogP contribution < -0.4 is 5.32 Å². The lowest BCUT2D eigenvalue weighted by Gasteiger charge is -2.01. The van der Waals surface area contributed by atoms with Gasteiger partial charge in [-0.05, 0) is 13.8 Å². The van der Waals surface area contributed by atoms with E-state index in [1.165, 1.54) is 11.3 Å². The highest BCUT2D eigenvalue weighted by Gasteiger charge is 2.24. The zero-order chi connectivity index (χ0) is 13.3. The third-order valence-electron chi connectivity index (χ3n) is 2.60. The molecule has 0 spiro atoms. The van der Waals surface area contributed by atoms with Crippen LogP contribution in [-0.2, 0) is 11.8 Å². The molecule has 0 aliphatic carbocycles. The number of thiazole rings is 1. The quantitative estimate of drug-likeness (QED) is 0.670. The molecule has 0 saturated carbocycles. The number of aromatic nitrogens is 3. The molecule has 0 saturated heterocycles. The Bertz CT molecular complexity index is 601. The topological polar surface area (TPSA) is 76.9 Å². The van der Waals surface area contributed by atoms with Gasteiger partial charge in [0.1, 0.15) is 0 Å². The van der Waals surface area contributed by atoms with E-state index in [0.717, 1.165) is 0 Å². The van der Waals surface area contributed by atoms with Gasteiger partial charge in [0.15, 0.2) is 5.13 Å². The summed E-state index contributed by atoms with van der Waals surface area (Å²) in [5.74, 6) is -1.28. The molecule has 0 atom stereocenters. The maximum atomic E-state index is 12.0. The van der Waals surface area contributed by atoms with Crippen molar-refractivity contribution in [2.45, 2.75) is 13.8 Å². The SMILES string of the molecule is Cc1nn(C)c(C)c1C(=O)C(=O)Nc1nccs1. The van der Waals surface area contributed by atoms with Crippen LogP contribution in [0.3, 0.4) is 0 Å². The highest BCUT2D eigenvalue weighted by molar-refractivity contribution is 7.13. The van der Waals surface area contributed by atoms with Gasteiger partial charge in [0, 0.05) is 24.3 Å². The summed E-state index contributed by atoms with van der Waals surface area (Å²) in [5, 5.41) is 8.71. The van der Waals surface area contributed by atoms with Gasteiger partial charge in [0.05, 0.1) is 11.3 Å². The van der Waals surface area contributed by atoms with Gasteiger partial charge in [-0.1, -0.05) is 0 Å². The number of aryl methyl sites for hydroxylation is 2. The standard InChI is InChI=1S/C11H12N4O2S/c1-6-8(7(2)15(3)14-6)9(16)10(17)13-11-12-4-5-18-11/h4-5H,1-3H3,(H,12,13,17). The molecule has 0 aromatic carbocycles. The van der Waals surface area contributed by atoms with Crippen molar-refractivity contribution in [3.8, 4) is 0 Å². The smallest absolute Gasteiger partial charge is 0.295 e. The van der Waals surface area contributed by atoms with Gasteiger partial charge >= 0.3 is 0 Å². The number of hydrogen-bond donors (Lipinski definition) is 1. The van der Waals surface area contributed by atoms with Crippen molar-refractivity contribution in [1.82, 2.24) is 14.8 Å². The first kappa shape index (κ1) is 12.4. The minimum Gasteiger partial charge on any atom is -0.295 e. The van der Waals surface area contributed by atoms with Crippen LogP contribution in [0.4, 0.5) is 5.13 Å². The summed E-state index contributed by atoms with van der Waals surface area (Å²) in [6, 6.07) is 0. The first-order valence-corrected chi connectivity index (χ1v) is 6.14. The largest absolute Gasteiger partial charge is 0.298 e. The van der Waals surface area contributed by atoms with Crippen LogP contribution in [0.1, 0.15) is 21.7 Å². The molecule has 0 fully saturated rings. The third kappa shape index (κ3) is 2.17. The second-order valence-corrected chi connectivity index (χ2v) is 4.68. The molecule has 6 nitrogen and oxygen atoms in total. The molecule has 0 radical (unpaired) electrons. The molecule has 0 bridgehead atoms. The molecule has 18 heavy (non-hydrogen) atoms. The van der Waals surface area contributed by atoms with E-state index in [1.807, 2.05) is 0 Å². The zero-order valence-corrected chi connectivity index (χ0v) is 11.0. The van der Waals surface area contributed by atoms with Crippen LogP contribution in [0.15, 0.2) is 11.6 Å². The molecule has 0 aliphatic heterocycles. The van der Waals surface area contributed by atoms with Gasteiger partial charge in [0.2, 0.25) is 0 Å². The van der Waals surface area contributed by atoms with Crippen molar-refractivity contribution in [3.05, 3.63) is 28.5 Å². The number of anilines is 1. The molecule has 2 rings (SSSR count).